The van der Waals surface area contributed by atoms with E-state index in [1.54, 1.807) is 0 Å². The molecule has 0 radical (unpaired) electrons. The minimum Gasteiger partial charge on any atom is -0.360 e. The Hall–Kier alpha value is -1.09. The van der Waals surface area contributed by atoms with E-state index in [0.717, 1.165) is 24.9 Å². The fourth-order valence-electron chi connectivity index (χ4n) is 1.90. The number of pyridine rings is 1. The van der Waals surface area contributed by atoms with Crippen LogP contribution in [0.15, 0.2) is 12.1 Å². The van der Waals surface area contributed by atoms with Crippen molar-refractivity contribution in [1.82, 2.24) is 10.3 Å². The third-order valence-electron chi connectivity index (χ3n) is 3.52. The normalized spacial score (nSPS) is 15.2. The minimum atomic E-state index is 0.481. The van der Waals surface area contributed by atoms with Crippen LogP contribution in [0.3, 0.4) is 0 Å². The second kappa shape index (κ2) is 5.70. The van der Waals surface area contributed by atoms with Gasteiger partial charge in [0.15, 0.2) is 0 Å². The number of nitrogens with zero attached hydrogens (tertiary/aromatic N) is 2. The van der Waals surface area contributed by atoms with E-state index >= 15 is 0 Å². The SMILES string of the molecule is CCN(C)c1cc(CNC2CC2)cc(C(C)C)n1. The van der Waals surface area contributed by atoms with Gasteiger partial charge >= 0.3 is 0 Å². The van der Waals surface area contributed by atoms with Crippen LogP contribution in [0.1, 0.15) is 50.8 Å². The number of hydrogen-bond donors (Lipinski definition) is 1. The molecular weight excluding hydrogens is 222 g/mol. The molecule has 0 unspecified atom stereocenters. The fourth-order valence-corrected chi connectivity index (χ4v) is 1.90. The van der Waals surface area contributed by atoms with Crippen molar-refractivity contribution in [2.45, 2.75) is 52.1 Å². The summed E-state index contributed by atoms with van der Waals surface area (Å²) in [5.74, 6) is 1.58. The van der Waals surface area contributed by atoms with Gasteiger partial charge in [-0.15, -0.1) is 0 Å². The van der Waals surface area contributed by atoms with Crippen molar-refractivity contribution < 1.29 is 0 Å². The summed E-state index contributed by atoms with van der Waals surface area (Å²) in [5, 5.41) is 3.58. The van der Waals surface area contributed by atoms with E-state index in [0.29, 0.717) is 5.92 Å². The summed E-state index contributed by atoms with van der Waals surface area (Å²) < 4.78 is 0. The summed E-state index contributed by atoms with van der Waals surface area (Å²) in [7, 11) is 2.10. The van der Waals surface area contributed by atoms with Crippen LogP contribution in [0.25, 0.3) is 0 Å². The molecule has 100 valence electrons. The average molecular weight is 247 g/mol. The maximum Gasteiger partial charge on any atom is 0.128 e. The van der Waals surface area contributed by atoms with Gasteiger partial charge in [0.25, 0.3) is 0 Å². The highest BCUT2D eigenvalue weighted by Crippen LogP contribution is 2.22. The third-order valence-corrected chi connectivity index (χ3v) is 3.52. The molecule has 0 amide bonds. The lowest BCUT2D eigenvalue weighted by atomic mass is 10.1. The number of nitrogens with one attached hydrogen (secondary N) is 1. The summed E-state index contributed by atoms with van der Waals surface area (Å²) in [6.45, 7) is 8.53. The Morgan fingerprint density at radius 2 is 2.11 bits per heavy atom. The van der Waals surface area contributed by atoms with Crippen LogP contribution in [-0.2, 0) is 6.54 Å². The molecule has 0 spiro atoms. The molecule has 2 rings (SSSR count). The molecule has 3 nitrogen and oxygen atoms in total. The largest absolute Gasteiger partial charge is 0.360 e. The van der Waals surface area contributed by atoms with Crippen LogP contribution in [0.2, 0.25) is 0 Å². The Balaban J connectivity index is 2.17. The molecule has 0 aliphatic heterocycles. The van der Waals surface area contributed by atoms with Crippen LogP contribution in [0.5, 0.6) is 0 Å². The predicted molar refractivity (Wildman–Crippen MR) is 77.1 cm³/mol. The van der Waals surface area contributed by atoms with E-state index in [2.05, 4.69) is 50.2 Å². The van der Waals surface area contributed by atoms with E-state index in [9.17, 15) is 0 Å². The molecule has 1 fully saturated rings. The number of anilines is 1. The Bertz CT molecular complexity index is 397. The van der Waals surface area contributed by atoms with Gasteiger partial charge in [0.2, 0.25) is 0 Å². The van der Waals surface area contributed by atoms with E-state index in [1.807, 2.05) is 0 Å². The molecule has 1 heterocycles. The third kappa shape index (κ3) is 3.45. The first-order valence-corrected chi connectivity index (χ1v) is 7.05. The lowest BCUT2D eigenvalue weighted by Crippen LogP contribution is -2.20. The van der Waals surface area contributed by atoms with Gasteiger partial charge < -0.3 is 10.2 Å². The van der Waals surface area contributed by atoms with Crippen molar-refractivity contribution in [3.63, 3.8) is 0 Å². The molecular formula is C15H25N3. The molecule has 1 aliphatic rings. The highest BCUT2D eigenvalue weighted by Gasteiger charge is 2.20. The molecule has 1 aromatic heterocycles. The maximum atomic E-state index is 4.74. The summed E-state index contributed by atoms with van der Waals surface area (Å²) in [4.78, 5) is 6.95. The van der Waals surface area contributed by atoms with Crippen LogP contribution in [0.4, 0.5) is 5.82 Å². The van der Waals surface area contributed by atoms with Gasteiger partial charge in [-0.3, -0.25) is 0 Å². The van der Waals surface area contributed by atoms with Gasteiger partial charge in [0.1, 0.15) is 5.82 Å². The van der Waals surface area contributed by atoms with Crippen LogP contribution in [0, 0.1) is 0 Å². The molecule has 1 aliphatic carbocycles. The van der Waals surface area contributed by atoms with Gasteiger partial charge in [0, 0.05) is 31.9 Å². The highest BCUT2D eigenvalue weighted by molar-refractivity contribution is 5.42. The fraction of sp³-hybridized carbons (Fsp3) is 0.667. The summed E-state index contributed by atoms with van der Waals surface area (Å²) in [5.41, 5.74) is 2.55. The first-order chi connectivity index (χ1) is 8.60. The van der Waals surface area contributed by atoms with Gasteiger partial charge in [-0.05, 0) is 43.4 Å². The van der Waals surface area contributed by atoms with Crippen LogP contribution < -0.4 is 10.2 Å². The molecule has 1 saturated carbocycles. The van der Waals surface area contributed by atoms with Crippen molar-refractivity contribution in [3.8, 4) is 0 Å². The van der Waals surface area contributed by atoms with Crippen molar-refractivity contribution >= 4 is 5.82 Å². The van der Waals surface area contributed by atoms with Crippen molar-refractivity contribution in [1.29, 1.82) is 0 Å². The van der Waals surface area contributed by atoms with E-state index in [4.69, 9.17) is 4.98 Å². The van der Waals surface area contributed by atoms with Gasteiger partial charge in [-0.25, -0.2) is 4.98 Å². The monoisotopic (exact) mass is 247 g/mol. The molecule has 1 aromatic rings. The minimum absolute atomic E-state index is 0.481. The quantitative estimate of drug-likeness (QED) is 0.838. The van der Waals surface area contributed by atoms with Crippen LogP contribution in [-0.4, -0.2) is 24.6 Å². The Labute approximate surface area is 111 Å². The van der Waals surface area contributed by atoms with E-state index < -0.39 is 0 Å². The molecule has 0 aromatic carbocycles. The number of hydrogen-bond acceptors (Lipinski definition) is 3. The second-order valence-electron chi connectivity index (χ2n) is 5.58. The van der Waals surface area contributed by atoms with Gasteiger partial charge in [-0.1, -0.05) is 13.8 Å². The smallest absolute Gasteiger partial charge is 0.128 e. The molecule has 0 atom stereocenters. The zero-order chi connectivity index (χ0) is 13.1. The maximum absolute atomic E-state index is 4.74. The zero-order valence-corrected chi connectivity index (χ0v) is 12.0. The average Bonchev–Trinajstić information content (AvgIpc) is 3.19. The summed E-state index contributed by atoms with van der Waals surface area (Å²) in [6.07, 6.45) is 2.67. The number of rotatable bonds is 6. The molecule has 1 N–H and O–H groups in total. The summed E-state index contributed by atoms with van der Waals surface area (Å²) >= 11 is 0. The van der Waals surface area contributed by atoms with Gasteiger partial charge in [0.05, 0.1) is 0 Å². The first-order valence-electron chi connectivity index (χ1n) is 7.05. The topological polar surface area (TPSA) is 28.2 Å². The summed E-state index contributed by atoms with van der Waals surface area (Å²) in [6, 6.07) is 5.21. The highest BCUT2D eigenvalue weighted by atomic mass is 15.2. The Kier molecular flexibility index (Phi) is 4.23. The molecule has 0 bridgehead atoms. The molecule has 0 saturated heterocycles. The predicted octanol–water partition coefficient (Wildman–Crippen LogP) is 2.91. The first kappa shape index (κ1) is 13.3. The standard InChI is InChI=1S/C15H25N3/c1-5-18(4)15-9-12(10-16-13-6-7-13)8-14(17-15)11(2)3/h8-9,11,13,16H,5-7,10H2,1-4H3. The van der Waals surface area contributed by atoms with Crippen LogP contribution >= 0.6 is 0 Å². The van der Waals surface area contributed by atoms with Crippen molar-refractivity contribution in [2.24, 2.45) is 0 Å². The van der Waals surface area contributed by atoms with Gasteiger partial charge in [-0.2, -0.15) is 0 Å². The lowest BCUT2D eigenvalue weighted by Gasteiger charge is -2.19. The number of aromatic nitrogens is 1. The Morgan fingerprint density at radius 1 is 1.39 bits per heavy atom. The second-order valence-corrected chi connectivity index (χ2v) is 5.58. The van der Waals surface area contributed by atoms with Crippen molar-refractivity contribution in [2.75, 3.05) is 18.5 Å². The molecule has 3 heteroatoms. The van der Waals surface area contributed by atoms with Crippen molar-refractivity contribution in [3.05, 3.63) is 23.4 Å². The van der Waals surface area contributed by atoms with E-state index in [1.165, 1.54) is 24.1 Å². The Morgan fingerprint density at radius 3 is 2.67 bits per heavy atom. The lowest BCUT2D eigenvalue weighted by molar-refractivity contribution is 0.683. The molecule has 18 heavy (non-hydrogen) atoms. The zero-order valence-electron chi connectivity index (χ0n) is 12.0. The van der Waals surface area contributed by atoms with E-state index in [-0.39, 0.29) is 0 Å².